The topological polar surface area (TPSA) is 124 Å². The number of pyridine rings is 1. The average molecular weight is 467 g/mol. The van der Waals surface area contributed by atoms with E-state index in [0.29, 0.717) is 29.3 Å². The number of aromatic nitrogens is 1. The van der Waals surface area contributed by atoms with Gasteiger partial charge in [-0.05, 0) is 54.3 Å². The van der Waals surface area contributed by atoms with Gasteiger partial charge in [0.1, 0.15) is 23.9 Å². The van der Waals surface area contributed by atoms with Crippen LogP contribution in [0.15, 0.2) is 90.3 Å². The summed E-state index contributed by atoms with van der Waals surface area (Å²) in [4.78, 5) is 16.1. The maximum absolute atomic E-state index is 11.9. The molecule has 7 nitrogen and oxygen atoms in total. The van der Waals surface area contributed by atoms with Gasteiger partial charge in [-0.15, -0.1) is 0 Å². The molecule has 0 unspecified atom stereocenters. The molecule has 4 rings (SSSR count). The summed E-state index contributed by atoms with van der Waals surface area (Å²) in [6.45, 7) is 1.71. The van der Waals surface area contributed by atoms with Gasteiger partial charge in [-0.25, -0.2) is 0 Å². The average Bonchev–Trinajstić information content (AvgIpc) is 2.88. The number of Topliss-reactive ketones (excluding diaryl/α,β-unsaturated/α-hetero) is 1. The molecule has 0 aliphatic rings. The van der Waals surface area contributed by atoms with Crippen LogP contribution in [0.1, 0.15) is 39.5 Å². The van der Waals surface area contributed by atoms with E-state index in [1.54, 1.807) is 30.6 Å². The molecule has 0 saturated heterocycles. The molecular formula is C28H26N4O3. The van der Waals surface area contributed by atoms with Crippen molar-refractivity contribution in [2.75, 3.05) is 0 Å². The number of phenolic OH excluding ortho intramolecular Hbond substituents is 1. The van der Waals surface area contributed by atoms with Crippen LogP contribution >= 0.6 is 0 Å². The zero-order chi connectivity index (χ0) is 24.8. The van der Waals surface area contributed by atoms with Crippen molar-refractivity contribution >= 4 is 11.6 Å². The Morgan fingerprint density at radius 1 is 1.00 bits per heavy atom. The first kappa shape index (κ1) is 23.5. The molecule has 5 N–H and O–H groups in total. The smallest absolute Gasteiger partial charge is 0.163 e. The molecule has 7 heteroatoms. The van der Waals surface area contributed by atoms with Crippen LogP contribution in [-0.2, 0) is 13.0 Å². The maximum Gasteiger partial charge on any atom is 0.163 e. The van der Waals surface area contributed by atoms with Crippen molar-refractivity contribution in [2.45, 2.75) is 20.0 Å². The molecule has 176 valence electrons. The number of hydrazone groups is 1. The molecule has 0 spiro atoms. The second-order valence-corrected chi connectivity index (χ2v) is 8.13. The maximum atomic E-state index is 11.9. The van der Waals surface area contributed by atoms with Crippen molar-refractivity contribution in [3.8, 4) is 22.6 Å². The number of benzene rings is 3. The predicted molar refractivity (Wildman–Crippen MR) is 136 cm³/mol. The Labute approximate surface area is 203 Å². The van der Waals surface area contributed by atoms with Crippen LogP contribution in [0.2, 0.25) is 0 Å². The Bertz CT molecular complexity index is 1370. The third-order valence-electron chi connectivity index (χ3n) is 5.66. The van der Waals surface area contributed by atoms with E-state index in [4.69, 9.17) is 16.3 Å². The summed E-state index contributed by atoms with van der Waals surface area (Å²) in [5.41, 5.74) is 11.2. The number of carbonyl (C=O) groups excluding carboxylic acids is 1. The fourth-order valence-electron chi connectivity index (χ4n) is 3.83. The second kappa shape index (κ2) is 10.5. The standard InChI is InChI=1S/C28H26N4O3/c1-18(33)24-11-12-25(26(27(24)34)23-6-3-13-31-16-23)35-17-20-9-7-19(8-10-20)14-21-4-2-5-22(15-21)28(29)32-30/h2-13,15-16,34H,14,17,30H2,1H3,(H2,29,32). The van der Waals surface area contributed by atoms with Gasteiger partial charge in [0.25, 0.3) is 0 Å². The van der Waals surface area contributed by atoms with Crippen molar-refractivity contribution in [1.29, 1.82) is 0 Å². The lowest BCUT2D eigenvalue weighted by Crippen LogP contribution is -2.15. The van der Waals surface area contributed by atoms with E-state index in [-0.39, 0.29) is 17.1 Å². The Hall–Kier alpha value is -4.65. The minimum atomic E-state index is -0.224. The number of ketones is 1. The monoisotopic (exact) mass is 466 g/mol. The van der Waals surface area contributed by atoms with E-state index in [1.165, 1.54) is 6.92 Å². The highest BCUT2D eigenvalue weighted by Crippen LogP contribution is 2.40. The lowest BCUT2D eigenvalue weighted by Gasteiger charge is -2.15. The summed E-state index contributed by atoms with van der Waals surface area (Å²) in [5, 5.41) is 14.3. The number of nitrogens with zero attached hydrogens (tertiary/aromatic N) is 2. The molecule has 0 fully saturated rings. The summed E-state index contributed by atoms with van der Waals surface area (Å²) in [7, 11) is 0. The largest absolute Gasteiger partial charge is 0.506 e. The van der Waals surface area contributed by atoms with E-state index >= 15 is 0 Å². The van der Waals surface area contributed by atoms with Gasteiger partial charge in [-0.1, -0.05) is 48.5 Å². The van der Waals surface area contributed by atoms with Crippen molar-refractivity contribution < 1.29 is 14.6 Å². The number of nitrogens with two attached hydrogens (primary N) is 2. The minimum absolute atomic E-state index is 0.110. The van der Waals surface area contributed by atoms with Gasteiger partial charge in [0, 0.05) is 23.5 Å². The van der Waals surface area contributed by atoms with Gasteiger partial charge in [0.2, 0.25) is 0 Å². The van der Waals surface area contributed by atoms with Crippen LogP contribution in [0.25, 0.3) is 11.1 Å². The van der Waals surface area contributed by atoms with E-state index in [0.717, 1.165) is 28.7 Å². The van der Waals surface area contributed by atoms with Gasteiger partial charge < -0.3 is 21.4 Å². The van der Waals surface area contributed by atoms with E-state index in [9.17, 15) is 9.90 Å². The van der Waals surface area contributed by atoms with E-state index < -0.39 is 0 Å². The van der Waals surface area contributed by atoms with Crippen LogP contribution in [-0.4, -0.2) is 21.7 Å². The Kier molecular flexibility index (Phi) is 7.07. The zero-order valence-corrected chi connectivity index (χ0v) is 19.3. The molecule has 4 aromatic rings. The third kappa shape index (κ3) is 5.47. The molecule has 35 heavy (non-hydrogen) atoms. The number of hydrogen-bond donors (Lipinski definition) is 3. The molecule has 0 aliphatic heterocycles. The summed E-state index contributed by atoms with van der Waals surface area (Å²) in [6.07, 6.45) is 4.01. The molecule has 0 amide bonds. The summed E-state index contributed by atoms with van der Waals surface area (Å²) in [5.74, 6) is 5.72. The van der Waals surface area contributed by atoms with Gasteiger partial charge in [0.05, 0.1) is 11.1 Å². The fraction of sp³-hybridized carbons (Fsp3) is 0.107. The van der Waals surface area contributed by atoms with Gasteiger partial charge in [-0.2, -0.15) is 5.10 Å². The quantitative estimate of drug-likeness (QED) is 0.116. The SMILES string of the molecule is CC(=O)c1ccc(OCc2ccc(Cc3cccc(C(N)=NN)c3)cc2)c(-c2cccnc2)c1O. The molecule has 3 aromatic carbocycles. The van der Waals surface area contributed by atoms with Gasteiger partial charge in [-0.3, -0.25) is 9.78 Å². The molecule has 0 atom stereocenters. The highest BCUT2D eigenvalue weighted by molar-refractivity contribution is 6.00. The zero-order valence-electron chi connectivity index (χ0n) is 19.3. The number of ether oxygens (including phenoxy) is 1. The van der Waals surface area contributed by atoms with Crippen LogP contribution in [0, 0.1) is 0 Å². The van der Waals surface area contributed by atoms with Crippen molar-refractivity contribution in [2.24, 2.45) is 16.7 Å². The van der Waals surface area contributed by atoms with E-state index in [1.807, 2.05) is 54.6 Å². The Morgan fingerprint density at radius 3 is 2.46 bits per heavy atom. The molecule has 0 saturated carbocycles. The molecule has 0 aliphatic carbocycles. The Morgan fingerprint density at radius 2 is 1.77 bits per heavy atom. The highest BCUT2D eigenvalue weighted by Gasteiger charge is 2.18. The van der Waals surface area contributed by atoms with Crippen molar-refractivity contribution in [3.63, 3.8) is 0 Å². The normalized spacial score (nSPS) is 11.3. The van der Waals surface area contributed by atoms with Gasteiger partial charge in [0.15, 0.2) is 5.78 Å². The number of hydrogen-bond acceptors (Lipinski definition) is 6. The predicted octanol–water partition coefficient (Wildman–Crippen LogP) is 4.41. The van der Waals surface area contributed by atoms with Crippen LogP contribution in [0.5, 0.6) is 11.5 Å². The number of carbonyl (C=O) groups is 1. The van der Waals surface area contributed by atoms with E-state index in [2.05, 4.69) is 10.1 Å². The van der Waals surface area contributed by atoms with Crippen LogP contribution in [0.4, 0.5) is 0 Å². The number of aromatic hydroxyl groups is 1. The Balaban J connectivity index is 1.51. The fourth-order valence-corrected chi connectivity index (χ4v) is 3.83. The van der Waals surface area contributed by atoms with Crippen molar-refractivity contribution in [3.05, 3.63) is 113 Å². The molecule has 1 heterocycles. The summed E-state index contributed by atoms with van der Waals surface area (Å²) in [6, 6.07) is 22.8. The number of phenols is 1. The van der Waals surface area contributed by atoms with Gasteiger partial charge >= 0.3 is 0 Å². The van der Waals surface area contributed by atoms with Crippen LogP contribution in [0.3, 0.4) is 0 Å². The second-order valence-electron chi connectivity index (χ2n) is 8.13. The van der Waals surface area contributed by atoms with Crippen molar-refractivity contribution in [1.82, 2.24) is 4.98 Å². The summed E-state index contributed by atoms with van der Waals surface area (Å²) < 4.78 is 6.07. The molecule has 0 bridgehead atoms. The first-order valence-electron chi connectivity index (χ1n) is 11.1. The molecule has 1 aromatic heterocycles. The first-order chi connectivity index (χ1) is 17.0. The third-order valence-corrected chi connectivity index (χ3v) is 5.66. The minimum Gasteiger partial charge on any atom is -0.506 e. The number of rotatable bonds is 8. The number of amidine groups is 1. The lowest BCUT2D eigenvalue weighted by atomic mass is 9.99. The van der Waals surface area contributed by atoms with Crippen LogP contribution < -0.4 is 16.3 Å². The molecular weight excluding hydrogens is 440 g/mol. The summed E-state index contributed by atoms with van der Waals surface area (Å²) >= 11 is 0. The molecule has 0 radical (unpaired) electrons. The lowest BCUT2D eigenvalue weighted by molar-refractivity contribution is 0.101. The highest BCUT2D eigenvalue weighted by atomic mass is 16.5. The first-order valence-corrected chi connectivity index (χ1v) is 11.1.